The number of rotatable bonds is 4. The maximum Gasteiger partial charge on any atom is 0.227 e. The molecule has 0 fully saturated rings. The summed E-state index contributed by atoms with van der Waals surface area (Å²) in [6.45, 7) is 2.38. The quantitative estimate of drug-likeness (QED) is 0.528. The fraction of sp³-hybridized carbons (Fsp3) is 0.100. The minimum absolute atomic E-state index is 0.124. The molecule has 2 aromatic carbocycles. The van der Waals surface area contributed by atoms with E-state index in [1.165, 1.54) is 0 Å². The molecule has 0 saturated heterocycles. The summed E-state index contributed by atoms with van der Waals surface area (Å²) < 4.78 is 1.97. The third-order valence-electron chi connectivity index (χ3n) is 3.80. The first-order chi connectivity index (χ1) is 10.7. The van der Waals surface area contributed by atoms with Crippen LogP contribution in [0.1, 0.15) is 16.1 Å². The Hall–Kier alpha value is -2.74. The van der Waals surface area contributed by atoms with Crippen LogP contribution in [0, 0.1) is 6.92 Å². The van der Waals surface area contributed by atoms with E-state index in [2.05, 4.69) is 12.1 Å². The number of carbonyl (C=O) groups excluding carboxylic acids is 1. The van der Waals surface area contributed by atoms with Crippen molar-refractivity contribution in [2.45, 2.75) is 13.5 Å². The number of hydrogen-bond donors (Lipinski definition) is 0. The number of aryl methyl sites for hydroxylation is 1. The van der Waals surface area contributed by atoms with Crippen molar-refractivity contribution in [3.63, 3.8) is 0 Å². The Morgan fingerprint density at radius 3 is 2.14 bits per heavy atom. The predicted octanol–water partition coefficient (Wildman–Crippen LogP) is 3.83. The van der Waals surface area contributed by atoms with Crippen molar-refractivity contribution in [1.82, 2.24) is 0 Å². The minimum Gasteiger partial charge on any atom is -0.287 e. The van der Waals surface area contributed by atoms with E-state index in [-0.39, 0.29) is 5.78 Å². The number of nitrogens with zero attached hydrogens (tertiary/aromatic N) is 1. The highest BCUT2D eigenvalue weighted by Gasteiger charge is 2.13. The summed E-state index contributed by atoms with van der Waals surface area (Å²) in [6.07, 6.45) is 1.94. The lowest BCUT2D eigenvalue weighted by atomic mass is 10.0. The second-order valence-corrected chi connectivity index (χ2v) is 5.34. The molecule has 108 valence electrons. The lowest BCUT2D eigenvalue weighted by Gasteiger charge is -2.04. The normalized spacial score (nSPS) is 10.4. The van der Waals surface area contributed by atoms with E-state index in [4.69, 9.17) is 0 Å². The maximum atomic E-state index is 12.4. The van der Waals surface area contributed by atoms with Gasteiger partial charge >= 0.3 is 0 Å². The molecule has 22 heavy (non-hydrogen) atoms. The van der Waals surface area contributed by atoms with Crippen LogP contribution in [0.25, 0.3) is 11.1 Å². The average Bonchev–Trinajstić information content (AvgIpc) is 2.58. The first kappa shape index (κ1) is 14.2. The van der Waals surface area contributed by atoms with E-state index < -0.39 is 0 Å². The molecule has 0 saturated carbocycles. The highest BCUT2D eigenvalue weighted by Crippen LogP contribution is 2.19. The molecule has 0 radical (unpaired) electrons. The summed E-state index contributed by atoms with van der Waals surface area (Å²) in [5.74, 6) is 0.124. The summed E-state index contributed by atoms with van der Waals surface area (Å²) in [5, 5.41) is 0. The summed E-state index contributed by atoms with van der Waals surface area (Å²) >= 11 is 0. The van der Waals surface area contributed by atoms with Gasteiger partial charge in [0.25, 0.3) is 0 Å². The number of Topliss-reactive ketones (excluding diaryl/α,β-unsaturated/α-hetero) is 1. The molecule has 0 spiro atoms. The Morgan fingerprint density at radius 1 is 0.818 bits per heavy atom. The lowest BCUT2D eigenvalue weighted by molar-refractivity contribution is -0.689. The summed E-state index contributed by atoms with van der Waals surface area (Å²) in [7, 11) is 0. The Labute approximate surface area is 130 Å². The van der Waals surface area contributed by atoms with Crippen LogP contribution in [0.2, 0.25) is 0 Å². The van der Waals surface area contributed by atoms with Crippen LogP contribution in [0.5, 0.6) is 0 Å². The lowest BCUT2D eigenvalue weighted by Crippen LogP contribution is -2.40. The van der Waals surface area contributed by atoms with E-state index in [0.29, 0.717) is 6.54 Å². The van der Waals surface area contributed by atoms with Crippen molar-refractivity contribution in [2.75, 3.05) is 0 Å². The van der Waals surface area contributed by atoms with Gasteiger partial charge in [-0.25, -0.2) is 0 Å². The average molecular weight is 288 g/mol. The third kappa shape index (κ3) is 3.12. The fourth-order valence-corrected chi connectivity index (χ4v) is 2.46. The zero-order valence-corrected chi connectivity index (χ0v) is 12.6. The van der Waals surface area contributed by atoms with Crippen LogP contribution in [0.15, 0.2) is 79.0 Å². The molecular formula is C20H18NO+. The molecule has 0 N–H and O–H groups in total. The van der Waals surface area contributed by atoms with E-state index >= 15 is 0 Å². The summed E-state index contributed by atoms with van der Waals surface area (Å²) in [6, 6.07) is 23.9. The zero-order valence-electron chi connectivity index (χ0n) is 12.6. The molecular weight excluding hydrogens is 270 g/mol. The van der Waals surface area contributed by atoms with Gasteiger partial charge in [0.2, 0.25) is 12.3 Å². The Kier molecular flexibility index (Phi) is 4.10. The standard InChI is InChI=1S/C20H18NO/c1-16-7-5-6-14-21(16)15-20(22)19-12-10-18(11-13-19)17-8-3-2-4-9-17/h2-14H,15H2,1H3/q+1. The van der Waals surface area contributed by atoms with Gasteiger partial charge in [-0.2, -0.15) is 4.57 Å². The molecule has 2 heteroatoms. The van der Waals surface area contributed by atoms with Crippen molar-refractivity contribution >= 4 is 5.78 Å². The van der Waals surface area contributed by atoms with Crippen LogP contribution in [0.4, 0.5) is 0 Å². The Balaban J connectivity index is 1.78. The molecule has 0 aliphatic rings. The van der Waals surface area contributed by atoms with Gasteiger partial charge in [0, 0.05) is 24.6 Å². The van der Waals surface area contributed by atoms with E-state index in [1.807, 2.05) is 78.4 Å². The summed E-state index contributed by atoms with van der Waals surface area (Å²) in [5.41, 5.74) is 4.11. The molecule has 0 amide bonds. The fourth-order valence-electron chi connectivity index (χ4n) is 2.46. The number of benzene rings is 2. The number of hydrogen-bond acceptors (Lipinski definition) is 1. The molecule has 0 aliphatic carbocycles. The van der Waals surface area contributed by atoms with Gasteiger partial charge in [0.15, 0.2) is 11.9 Å². The number of pyridine rings is 1. The van der Waals surface area contributed by atoms with Gasteiger partial charge in [-0.1, -0.05) is 60.7 Å². The minimum atomic E-state index is 0.124. The first-order valence-corrected chi connectivity index (χ1v) is 7.38. The molecule has 0 aliphatic heterocycles. The Morgan fingerprint density at radius 2 is 1.45 bits per heavy atom. The van der Waals surface area contributed by atoms with Crippen molar-refractivity contribution in [3.05, 3.63) is 90.3 Å². The van der Waals surface area contributed by atoms with Crippen molar-refractivity contribution in [3.8, 4) is 11.1 Å². The monoisotopic (exact) mass is 288 g/mol. The van der Waals surface area contributed by atoms with E-state index in [0.717, 1.165) is 22.4 Å². The van der Waals surface area contributed by atoms with Gasteiger partial charge in [0.1, 0.15) is 0 Å². The topological polar surface area (TPSA) is 20.9 Å². The molecule has 1 aromatic heterocycles. The van der Waals surface area contributed by atoms with Crippen LogP contribution < -0.4 is 4.57 Å². The number of aromatic nitrogens is 1. The molecule has 2 nitrogen and oxygen atoms in total. The molecule has 0 bridgehead atoms. The van der Waals surface area contributed by atoms with Crippen molar-refractivity contribution < 1.29 is 9.36 Å². The van der Waals surface area contributed by atoms with Crippen LogP contribution in [-0.4, -0.2) is 5.78 Å². The van der Waals surface area contributed by atoms with E-state index in [1.54, 1.807) is 0 Å². The Bertz CT molecular complexity index is 776. The smallest absolute Gasteiger partial charge is 0.227 e. The largest absolute Gasteiger partial charge is 0.287 e. The van der Waals surface area contributed by atoms with Crippen LogP contribution in [0.3, 0.4) is 0 Å². The highest BCUT2D eigenvalue weighted by molar-refractivity contribution is 5.95. The van der Waals surface area contributed by atoms with Gasteiger partial charge in [0.05, 0.1) is 0 Å². The number of carbonyl (C=O) groups is 1. The molecule has 3 aromatic rings. The molecule has 0 unspecified atom stereocenters. The summed E-state index contributed by atoms with van der Waals surface area (Å²) in [4.78, 5) is 12.4. The first-order valence-electron chi connectivity index (χ1n) is 7.38. The molecule has 0 atom stereocenters. The van der Waals surface area contributed by atoms with Crippen LogP contribution in [-0.2, 0) is 6.54 Å². The number of ketones is 1. The van der Waals surface area contributed by atoms with Gasteiger partial charge in [-0.05, 0) is 11.1 Å². The van der Waals surface area contributed by atoms with Gasteiger partial charge < -0.3 is 0 Å². The van der Waals surface area contributed by atoms with Gasteiger partial charge in [-0.3, -0.25) is 4.79 Å². The van der Waals surface area contributed by atoms with Crippen molar-refractivity contribution in [2.24, 2.45) is 0 Å². The highest BCUT2D eigenvalue weighted by atomic mass is 16.1. The second-order valence-electron chi connectivity index (χ2n) is 5.34. The zero-order chi connectivity index (χ0) is 15.4. The van der Waals surface area contributed by atoms with E-state index in [9.17, 15) is 4.79 Å². The SMILES string of the molecule is Cc1cccc[n+]1CC(=O)c1ccc(-c2ccccc2)cc1. The van der Waals surface area contributed by atoms with Crippen LogP contribution >= 0.6 is 0 Å². The second kappa shape index (κ2) is 6.35. The van der Waals surface area contributed by atoms with Gasteiger partial charge in [-0.15, -0.1) is 0 Å². The third-order valence-corrected chi connectivity index (χ3v) is 3.80. The maximum absolute atomic E-state index is 12.4. The van der Waals surface area contributed by atoms with Crippen molar-refractivity contribution in [1.29, 1.82) is 0 Å². The molecule has 1 heterocycles. The molecule has 3 rings (SSSR count). The predicted molar refractivity (Wildman–Crippen MR) is 87.6 cm³/mol.